The molecule has 2 rings (SSSR count). The van der Waals surface area contributed by atoms with Gasteiger partial charge in [0.1, 0.15) is 11.8 Å². The molecule has 0 aliphatic carbocycles. The zero-order valence-corrected chi connectivity index (χ0v) is 18.5. The molecule has 2 amide bonds. The summed E-state index contributed by atoms with van der Waals surface area (Å²) in [4.78, 5) is 26.9. The summed E-state index contributed by atoms with van der Waals surface area (Å²) in [5, 5.41) is 3.39. The standard InChI is InChI=1S/C21H24BrClN2O3/c1-14(2)24-21(27)15(3)25(12-16-6-4-5-7-19(16)23)20(26)13-28-18-10-8-17(22)9-11-18/h4-11,14-15H,12-13H2,1-3H3,(H,24,27). The van der Waals surface area contributed by atoms with E-state index in [0.717, 1.165) is 10.0 Å². The van der Waals surface area contributed by atoms with E-state index in [4.69, 9.17) is 16.3 Å². The number of benzene rings is 2. The molecule has 0 spiro atoms. The van der Waals surface area contributed by atoms with Gasteiger partial charge in [-0.05, 0) is 56.7 Å². The zero-order chi connectivity index (χ0) is 20.7. The Labute approximate surface area is 179 Å². The van der Waals surface area contributed by atoms with E-state index in [1.807, 2.05) is 44.2 Å². The van der Waals surface area contributed by atoms with E-state index in [1.54, 1.807) is 25.1 Å². The van der Waals surface area contributed by atoms with Crippen LogP contribution in [-0.4, -0.2) is 35.4 Å². The van der Waals surface area contributed by atoms with Crippen LogP contribution in [0, 0.1) is 0 Å². The summed E-state index contributed by atoms with van der Waals surface area (Å²) >= 11 is 9.61. The molecule has 0 bridgehead atoms. The van der Waals surface area contributed by atoms with Crippen molar-refractivity contribution in [3.8, 4) is 5.75 Å². The number of nitrogens with one attached hydrogen (secondary N) is 1. The van der Waals surface area contributed by atoms with Crippen LogP contribution >= 0.6 is 27.5 Å². The van der Waals surface area contributed by atoms with Gasteiger partial charge in [0.25, 0.3) is 5.91 Å². The minimum absolute atomic E-state index is 0.0220. The molecule has 7 heteroatoms. The summed E-state index contributed by atoms with van der Waals surface area (Å²) in [7, 11) is 0. The lowest BCUT2D eigenvalue weighted by molar-refractivity contribution is -0.142. The van der Waals surface area contributed by atoms with E-state index in [2.05, 4.69) is 21.2 Å². The van der Waals surface area contributed by atoms with Gasteiger partial charge in [0, 0.05) is 22.1 Å². The molecule has 28 heavy (non-hydrogen) atoms. The Bertz CT molecular complexity index is 812. The second kappa shape index (κ2) is 10.5. The number of hydrogen-bond donors (Lipinski definition) is 1. The molecule has 0 saturated heterocycles. The molecule has 1 atom stereocenters. The number of carbonyl (C=O) groups is 2. The number of ether oxygens (including phenoxy) is 1. The Balaban J connectivity index is 2.15. The van der Waals surface area contributed by atoms with Gasteiger partial charge >= 0.3 is 0 Å². The van der Waals surface area contributed by atoms with Crippen molar-refractivity contribution in [3.63, 3.8) is 0 Å². The van der Waals surface area contributed by atoms with Crippen molar-refractivity contribution >= 4 is 39.3 Å². The molecule has 0 fully saturated rings. The molecular formula is C21H24BrClN2O3. The molecule has 0 aliphatic rings. The zero-order valence-electron chi connectivity index (χ0n) is 16.1. The highest BCUT2D eigenvalue weighted by molar-refractivity contribution is 9.10. The van der Waals surface area contributed by atoms with Crippen molar-refractivity contribution in [1.29, 1.82) is 0 Å². The fraction of sp³-hybridized carbons (Fsp3) is 0.333. The average Bonchev–Trinajstić information content (AvgIpc) is 2.65. The van der Waals surface area contributed by atoms with E-state index < -0.39 is 6.04 Å². The van der Waals surface area contributed by atoms with Crippen molar-refractivity contribution < 1.29 is 14.3 Å². The summed E-state index contributed by atoms with van der Waals surface area (Å²) < 4.78 is 6.53. The highest BCUT2D eigenvalue weighted by Crippen LogP contribution is 2.20. The minimum atomic E-state index is -0.667. The largest absolute Gasteiger partial charge is 0.484 e. The maximum Gasteiger partial charge on any atom is 0.261 e. The van der Waals surface area contributed by atoms with Crippen molar-refractivity contribution in [2.24, 2.45) is 0 Å². The Hall–Kier alpha value is -2.05. The van der Waals surface area contributed by atoms with Crippen molar-refractivity contribution in [2.45, 2.75) is 39.4 Å². The van der Waals surface area contributed by atoms with E-state index >= 15 is 0 Å². The summed E-state index contributed by atoms with van der Waals surface area (Å²) in [5.74, 6) is 0.0572. The van der Waals surface area contributed by atoms with Crippen LogP contribution in [0.1, 0.15) is 26.3 Å². The average molecular weight is 468 g/mol. The second-order valence-electron chi connectivity index (χ2n) is 6.69. The van der Waals surface area contributed by atoms with Crippen molar-refractivity contribution in [2.75, 3.05) is 6.61 Å². The molecule has 0 aromatic heterocycles. The molecule has 0 radical (unpaired) electrons. The molecule has 2 aromatic carbocycles. The number of nitrogens with zero attached hydrogens (tertiary/aromatic N) is 1. The molecule has 1 unspecified atom stereocenters. The molecular weight excluding hydrogens is 444 g/mol. The third-order valence-electron chi connectivity index (χ3n) is 4.07. The number of amides is 2. The lowest BCUT2D eigenvalue weighted by Crippen LogP contribution is -2.50. The molecule has 2 aromatic rings. The first kappa shape index (κ1) is 22.2. The smallest absolute Gasteiger partial charge is 0.261 e. The summed E-state index contributed by atoms with van der Waals surface area (Å²) in [5.41, 5.74) is 0.769. The van der Waals surface area contributed by atoms with Gasteiger partial charge in [0.15, 0.2) is 6.61 Å². The maximum absolute atomic E-state index is 12.9. The third-order valence-corrected chi connectivity index (χ3v) is 4.97. The predicted molar refractivity (Wildman–Crippen MR) is 114 cm³/mol. The Kier molecular flexibility index (Phi) is 8.33. The van der Waals surface area contributed by atoms with Gasteiger partial charge in [-0.15, -0.1) is 0 Å². The lowest BCUT2D eigenvalue weighted by atomic mass is 10.1. The van der Waals surface area contributed by atoms with Crippen LogP contribution in [0.4, 0.5) is 0 Å². The highest BCUT2D eigenvalue weighted by Gasteiger charge is 2.27. The normalized spacial score (nSPS) is 11.8. The molecule has 5 nitrogen and oxygen atoms in total. The van der Waals surface area contributed by atoms with Crippen LogP contribution < -0.4 is 10.1 Å². The van der Waals surface area contributed by atoms with E-state index in [1.165, 1.54) is 4.90 Å². The van der Waals surface area contributed by atoms with Gasteiger partial charge in [-0.25, -0.2) is 0 Å². The fourth-order valence-corrected chi connectivity index (χ4v) is 3.02. The van der Waals surface area contributed by atoms with Gasteiger partial charge in [0.05, 0.1) is 0 Å². The number of hydrogen-bond acceptors (Lipinski definition) is 3. The van der Waals surface area contributed by atoms with Gasteiger partial charge in [-0.2, -0.15) is 0 Å². The van der Waals surface area contributed by atoms with Crippen LogP contribution in [0.3, 0.4) is 0 Å². The van der Waals surface area contributed by atoms with E-state index in [9.17, 15) is 9.59 Å². The Morgan fingerprint density at radius 1 is 1.11 bits per heavy atom. The minimum Gasteiger partial charge on any atom is -0.484 e. The molecule has 0 heterocycles. The Morgan fingerprint density at radius 2 is 1.75 bits per heavy atom. The first-order chi connectivity index (χ1) is 13.3. The third kappa shape index (κ3) is 6.53. The summed E-state index contributed by atoms with van der Waals surface area (Å²) in [6.07, 6.45) is 0. The van der Waals surface area contributed by atoms with Crippen molar-refractivity contribution in [1.82, 2.24) is 10.2 Å². The van der Waals surface area contributed by atoms with Gasteiger partial charge < -0.3 is 15.0 Å². The first-order valence-corrected chi connectivity index (χ1v) is 10.2. The maximum atomic E-state index is 12.9. The van der Waals surface area contributed by atoms with Gasteiger partial charge in [0.2, 0.25) is 5.91 Å². The summed E-state index contributed by atoms with van der Waals surface area (Å²) in [6, 6.07) is 13.8. The van der Waals surface area contributed by atoms with Crippen LogP contribution in [0.25, 0.3) is 0 Å². The van der Waals surface area contributed by atoms with Gasteiger partial charge in [-0.3, -0.25) is 9.59 Å². The number of halogens is 2. The number of rotatable bonds is 8. The predicted octanol–water partition coefficient (Wildman–Crippen LogP) is 4.42. The van der Waals surface area contributed by atoms with E-state index in [-0.39, 0.29) is 31.0 Å². The fourth-order valence-electron chi connectivity index (χ4n) is 2.56. The van der Waals surface area contributed by atoms with Crippen molar-refractivity contribution in [3.05, 3.63) is 63.6 Å². The molecule has 0 aliphatic heterocycles. The van der Waals surface area contributed by atoms with Gasteiger partial charge in [-0.1, -0.05) is 45.7 Å². The lowest BCUT2D eigenvalue weighted by Gasteiger charge is -2.29. The van der Waals surface area contributed by atoms with Crippen LogP contribution in [0.5, 0.6) is 5.75 Å². The SMILES string of the molecule is CC(C)NC(=O)C(C)N(Cc1ccccc1Cl)C(=O)COc1ccc(Br)cc1. The topological polar surface area (TPSA) is 58.6 Å². The molecule has 0 saturated carbocycles. The number of carbonyl (C=O) groups excluding carboxylic acids is 2. The first-order valence-electron chi connectivity index (χ1n) is 8.99. The quantitative estimate of drug-likeness (QED) is 0.625. The molecule has 1 N–H and O–H groups in total. The van der Waals surface area contributed by atoms with Crippen LogP contribution in [0.15, 0.2) is 53.0 Å². The monoisotopic (exact) mass is 466 g/mol. The summed E-state index contributed by atoms with van der Waals surface area (Å²) in [6.45, 7) is 5.50. The highest BCUT2D eigenvalue weighted by atomic mass is 79.9. The Morgan fingerprint density at radius 3 is 2.36 bits per heavy atom. The molecule has 150 valence electrons. The second-order valence-corrected chi connectivity index (χ2v) is 8.02. The van der Waals surface area contributed by atoms with Crippen LogP contribution in [0.2, 0.25) is 5.02 Å². The van der Waals surface area contributed by atoms with Crippen LogP contribution in [-0.2, 0) is 16.1 Å². The van der Waals surface area contributed by atoms with E-state index in [0.29, 0.717) is 10.8 Å².